The molecule has 0 fully saturated rings. The lowest BCUT2D eigenvalue weighted by Gasteiger charge is -2.05. The van der Waals surface area contributed by atoms with E-state index in [1.54, 1.807) is 0 Å². The fraction of sp³-hybridized carbons (Fsp3) is 0.538. The minimum absolute atomic E-state index is 0.198. The molecule has 1 aromatic heterocycles. The van der Waals surface area contributed by atoms with Crippen molar-refractivity contribution < 1.29 is 19.4 Å². The fourth-order valence-electron chi connectivity index (χ4n) is 2.22. The van der Waals surface area contributed by atoms with Crippen molar-refractivity contribution >= 4 is 28.2 Å². The van der Waals surface area contributed by atoms with Gasteiger partial charge in [-0.1, -0.05) is 0 Å². The first-order chi connectivity index (χ1) is 9.13. The number of carbonyl (C=O) groups is 2. The number of ether oxygens (including phenoxy) is 1. The predicted molar refractivity (Wildman–Crippen MR) is 73.0 cm³/mol. The summed E-state index contributed by atoms with van der Waals surface area (Å²) >= 11 is 1.39. The Bertz CT molecular complexity index is 495. The Morgan fingerprint density at radius 2 is 2.21 bits per heavy atom. The molecule has 5 nitrogen and oxygen atoms in total. The number of hydrogen-bond donors (Lipinski definition) is 2. The highest BCUT2D eigenvalue weighted by atomic mass is 32.1. The maximum Gasteiger partial charge on any atom is 0.339 e. The number of carboxylic acids is 1. The van der Waals surface area contributed by atoms with Crippen LogP contribution in [0.4, 0.5) is 5.00 Å². The van der Waals surface area contributed by atoms with Crippen molar-refractivity contribution in [2.45, 2.75) is 32.6 Å². The lowest BCUT2D eigenvalue weighted by molar-refractivity contribution is -0.117. The summed E-state index contributed by atoms with van der Waals surface area (Å²) in [7, 11) is 0. The Balaban J connectivity index is 2.08. The molecule has 0 saturated carbocycles. The molecule has 2 rings (SSSR count). The van der Waals surface area contributed by atoms with Gasteiger partial charge in [-0.15, -0.1) is 11.3 Å². The van der Waals surface area contributed by atoms with Gasteiger partial charge in [0.2, 0.25) is 5.91 Å². The van der Waals surface area contributed by atoms with E-state index in [0.29, 0.717) is 18.2 Å². The molecule has 0 bridgehead atoms. The maximum atomic E-state index is 11.7. The second kappa shape index (κ2) is 6.16. The quantitative estimate of drug-likeness (QED) is 0.785. The Labute approximate surface area is 115 Å². The van der Waals surface area contributed by atoms with E-state index in [-0.39, 0.29) is 17.9 Å². The SMILES string of the molecule is CCOCCC(=O)Nc1sc2c(c1C(=O)O)CCC2. The first-order valence-corrected chi connectivity index (χ1v) is 7.20. The second-order valence-electron chi connectivity index (χ2n) is 4.36. The van der Waals surface area contributed by atoms with Crippen LogP contribution < -0.4 is 5.32 Å². The van der Waals surface area contributed by atoms with Crippen LogP contribution in [-0.2, 0) is 22.4 Å². The molecule has 2 N–H and O–H groups in total. The van der Waals surface area contributed by atoms with Gasteiger partial charge >= 0.3 is 5.97 Å². The minimum Gasteiger partial charge on any atom is -0.478 e. The van der Waals surface area contributed by atoms with Gasteiger partial charge in [-0.2, -0.15) is 0 Å². The second-order valence-corrected chi connectivity index (χ2v) is 5.47. The number of fused-ring (bicyclic) bond motifs is 1. The highest BCUT2D eigenvalue weighted by Gasteiger charge is 2.26. The Morgan fingerprint density at radius 1 is 1.42 bits per heavy atom. The van der Waals surface area contributed by atoms with Crippen LogP contribution in [-0.4, -0.2) is 30.2 Å². The number of aromatic carboxylic acids is 1. The zero-order chi connectivity index (χ0) is 13.8. The minimum atomic E-state index is -0.959. The molecule has 0 spiro atoms. The van der Waals surface area contributed by atoms with Crippen LogP contribution in [0, 0.1) is 0 Å². The molecule has 1 aliphatic carbocycles. The smallest absolute Gasteiger partial charge is 0.339 e. The van der Waals surface area contributed by atoms with Crippen molar-refractivity contribution in [3.05, 3.63) is 16.0 Å². The third kappa shape index (κ3) is 3.13. The third-order valence-corrected chi connectivity index (χ3v) is 4.27. The first kappa shape index (κ1) is 14.0. The van der Waals surface area contributed by atoms with Gasteiger partial charge in [0.25, 0.3) is 0 Å². The molecule has 1 amide bonds. The third-order valence-electron chi connectivity index (χ3n) is 3.07. The van der Waals surface area contributed by atoms with Crippen molar-refractivity contribution in [2.75, 3.05) is 18.5 Å². The van der Waals surface area contributed by atoms with E-state index < -0.39 is 5.97 Å². The van der Waals surface area contributed by atoms with E-state index in [4.69, 9.17) is 4.74 Å². The molecule has 0 aliphatic heterocycles. The number of rotatable bonds is 6. The van der Waals surface area contributed by atoms with Crippen LogP contribution in [0.25, 0.3) is 0 Å². The highest BCUT2D eigenvalue weighted by Crippen LogP contribution is 2.39. The maximum absolute atomic E-state index is 11.7. The monoisotopic (exact) mass is 283 g/mol. The van der Waals surface area contributed by atoms with Gasteiger partial charge in [0.15, 0.2) is 0 Å². The predicted octanol–water partition coefficient (Wildman–Crippen LogP) is 2.30. The number of nitrogens with one attached hydrogen (secondary N) is 1. The van der Waals surface area contributed by atoms with Gasteiger partial charge in [-0.05, 0) is 31.7 Å². The summed E-state index contributed by atoms with van der Waals surface area (Å²) in [6.07, 6.45) is 2.95. The van der Waals surface area contributed by atoms with Crippen LogP contribution in [0.2, 0.25) is 0 Å². The fourth-order valence-corrected chi connectivity index (χ4v) is 3.51. The van der Waals surface area contributed by atoms with Crippen LogP contribution in [0.5, 0.6) is 0 Å². The lowest BCUT2D eigenvalue weighted by Crippen LogP contribution is -2.15. The van der Waals surface area contributed by atoms with E-state index in [1.807, 2.05) is 6.92 Å². The van der Waals surface area contributed by atoms with E-state index in [9.17, 15) is 14.7 Å². The topological polar surface area (TPSA) is 75.6 Å². The normalized spacial score (nSPS) is 13.3. The molecule has 0 unspecified atom stereocenters. The number of carboxylic acid groups (broad SMARTS) is 1. The van der Waals surface area contributed by atoms with Crippen LogP contribution in [0.15, 0.2) is 0 Å². The molecule has 0 atom stereocenters. The number of aryl methyl sites for hydroxylation is 1. The van der Waals surface area contributed by atoms with Crippen molar-refractivity contribution in [1.29, 1.82) is 0 Å². The van der Waals surface area contributed by atoms with Gasteiger partial charge in [-0.25, -0.2) is 4.79 Å². The number of hydrogen-bond acceptors (Lipinski definition) is 4. The number of amides is 1. The number of thiophene rings is 1. The van der Waals surface area contributed by atoms with Crippen molar-refractivity contribution in [1.82, 2.24) is 0 Å². The van der Waals surface area contributed by atoms with Crippen molar-refractivity contribution in [3.8, 4) is 0 Å². The molecule has 104 valence electrons. The van der Waals surface area contributed by atoms with Gasteiger partial charge in [0.05, 0.1) is 18.6 Å². The van der Waals surface area contributed by atoms with E-state index in [0.717, 1.165) is 29.7 Å². The van der Waals surface area contributed by atoms with Gasteiger partial charge in [-0.3, -0.25) is 4.79 Å². The van der Waals surface area contributed by atoms with Gasteiger partial charge in [0.1, 0.15) is 5.00 Å². The zero-order valence-corrected chi connectivity index (χ0v) is 11.6. The lowest BCUT2D eigenvalue weighted by atomic mass is 10.1. The summed E-state index contributed by atoms with van der Waals surface area (Å²) in [6, 6.07) is 0. The molecule has 0 saturated heterocycles. The number of anilines is 1. The molecule has 1 aliphatic rings. The largest absolute Gasteiger partial charge is 0.478 e. The van der Waals surface area contributed by atoms with Crippen LogP contribution in [0.3, 0.4) is 0 Å². The van der Waals surface area contributed by atoms with Gasteiger partial charge in [0, 0.05) is 11.5 Å². The van der Waals surface area contributed by atoms with Crippen LogP contribution in [0.1, 0.15) is 40.6 Å². The van der Waals surface area contributed by atoms with Crippen LogP contribution >= 0.6 is 11.3 Å². The number of carbonyl (C=O) groups excluding carboxylic acids is 1. The van der Waals surface area contributed by atoms with E-state index in [2.05, 4.69) is 5.32 Å². The summed E-state index contributed by atoms with van der Waals surface area (Å²) in [4.78, 5) is 24.1. The van der Waals surface area contributed by atoms with Crippen molar-refractivity contribution in [2.24, 2.45) is 0 Å². The summed E-state index contributed by atoms with van der Waals surface area (Å²) in [5.74, 6) is -1.16. The zero-order valence-electron chi connectivity index (χ0n) is 10.8. The molecule has 0 radical (unpaired) electrons. The molecule has 6 heteroatoms. The van der Waals surface area contributed by atoms with E-state index >= 15 is 0 Å². The molecule has 19 heavy (non-hydrogen) atoms. The average Bonchev–Trinajstić information content (AvgIpc) is 2.88. The van der Waals surface area contributed by atoms with E-state index in [1.165, 1.54) is 11.3 Å². The summed E-state index contributed by atoms with van der Waals surface area (Å²) < 4.78 is 5.11. The Kier molecular flexibility index (Phi) is 4.55. The highest BCUT2D eigenvalue weighted by molar-refractivity contribution is 7.17. The summed E-state index contributed by atoms with van der Waals surface area (Å²) in [5.41, 5.74) is 1.18. The molecular weight excluding hydrogens is 266 g/mol. The summed E-state index contributed by atoms with van der Waals surface area (Å²) in [5, 5.41) is 12.4. The molecular formula is C13H17NO4S. The Hall–Kier alpha value is -1.40. The molecule has 1 heterocycles. The average molecular weight is 283 g/mol. The summed E-state index contributed by atoms with van der Waals surface area (Å²) in [6.45, 7) is 2.79. The molecule has 0 aromatic carbocycles. The van der Waals surface area contributed by atoms with Crippen molar-refractivity contribution in [3.63, 3.8) is 0 Å². The molecule has 1 aromatic rings. The van der Waals surface area contributed by atoms with Gasteiger partial charge < -0.3 is 15.2 Å². The Morgan fingerprint density at radius 3 is 2.89 bits per heavy atom. The first-order valence-electron chi connectivity index (χ1n) is 6.39. The standard InChI is InChI=1S/C13H17NO4S/c1-2-18-7-6-10(15)14-12-11(13(16)17)8-4-3-5-9(8)19-12/h2-7H2,1H3,(H,14,15)(H,16,17).